The zero-order valence-electron chi connectivity index (χ0n) is 11.0. The van der Waals surface area contributed by atoms with Crippen molar-refractivity contribution in [2.45, 2.75) is 19.1 Å². The van der Waals surface area contributed by atoms with Crippen molar-refractivity contribution < 1.29 is 9.90 Å². The summed E-state index contributed by atoms with van der Waals surface area (Å²) in [6.07, 6.45) is 2.31. The van der Waals surface area contributed by atoms with Crippen molar-refractivity contribution in [3.63, 3.8) is 0 Å². The third kappa shape index (κ3) is 4.70. The van der Waals surface area contributed by atoms with E-state index >= 15 is 0 Å². The van der Waals surface area contributed by atoms with Crippen LogP contribution in [0.2, 0.25) is 10.0 Å². The summed E-state index contributed by atoms with van der Waals surface area (Å²) < 4.78 is 1.56. The molecule has 0 radical (unpaired) electrons. The molecule has 21 heavy (non-hydrogen) atoms. The summed E-state index contributed by atoms with van der Waals surface area (Å²) in [7, 11) is 0. The number of rotatable bonds is 6. The van der Waals surface area contributed by atoms with Crippen molar-refractivity contribution in [1.29, 1.82) is 0 Å². The fourth-order valence-corrected chi connectivity index (χ4v) is 2.28. The number of nitrogens with one attached hydrogen (secondary N) is 1. The van der Waals surface area contributed by atoms with E-state index in [9.17, 15) is 9.90 Å². The summed E-state index contributed by atoms with van der Waals surface area (Å²) in [6.45, 7) is 0.515. The summed E-state index contributed by atoms with van der Waals surface area (Å²) in [5.41, 5.74) is 0.526. The molecule has 112 valence electrons. The van der Waals surface area contributed by atoms with Gasteiger partial charge in [0.2, 0.25) is 5.91 Å². The van der Waals surface area contributed by atoms with Gasteiger partial charge in [0.1, 0.15) is 12.7 Å². The van der Waals surface area contributed by atoms with Gasteiger partial charge in [0.15, 0.2) is 0 Å². The number of aryl methyl sites for hydroxylation is 1. The van der Waals surface area contributed by atoms with Crippen LogP contribution in [0.15, 0.2) is 30.9 Å². The lowest BCUT2D eigenvalue weighted by atomic mass is 10.1. The van der Waals surface area contributed by atoms with E-state index in [2.05, 4.69) is 15.4 Å². The average molecular weight is 329 g/mol. The second-order valence-corrected chi connectivity index (χ2v) is 5.24. The number of amides is 1. The second-order valence-electron chi connectivity index (χ2n) is 4.39. The molecule has 2 aromatic rings. The zero-order chi connectivity index (χ0) is 15.2. The van der Waals surface area contributed by atoms with Crippen molar-refractivity contribution in [3.8, 4) is 0 Å². The van der Waals surface area contributed by atoms with Gasteiger partial charge in [-0.05, 0) is 12.1 Å². The van der Waals surface area contributed by atoms with Crippen molar-refractivity contribution in [3.05, 3.63) is 46.5 Å². The third-order valence-corrected chi connectivity index (χ3v) is 3.41. The number of halogens is 2. The van der Waals surface area contributed by atoms with Crippen LogP contribution in [0.1, 0.15) is 18.1 Å². The van der Waals surface area contributed by atoms with E-state index in [0.717, 1.165) is 0 Å². The van der Waals surface area contributed by atoms with E-state index in [0.29, 0.717) is 22.2 Å². The van der Waals surface area contributed by atoms with Gasteiger partial charge < -0.3 is 10.4 Å². The van der Waals surface area contributed by atoms with Gasteiger partial charge in [-0.2, -0.15) is 5.10 Å². The first kappa shape index (κ1) is 15.8. The van der Waals surface area contributed by atoms with Crippen molar-refractivity contribution in [1.82, 2.24) is 20.1 Å². The molecule has 0 aliphatic carbocycles. The lowest BCUT2D eigenvalue weighted by molar-refractivity contribution is -0.121. The Balaban J connectivity index is 1.80. The van der Waals surface area contributed by atoms with E-state index in [1.165, 1.54) is 12.7 Å². The minimum atomic E-state index is -0.884. The van der Waals surface area contributed by atoms with Crippen LogP contribution in [0.25, 0.3) is 0 Å². The van der Waals surface area contributed by atoms with E-state index < -0.39 is 6.10 Å². The van der Waals surface area contributed by atoms with Gasteiger partial charge in [-0.25, -0.2) is 4.98 Å². The van der Waals surface area contributed by atoms with E-state index in [1.54, 1.807) is 22.9 Å². The molecule has 0 saturated heterocycles. The van der Waals surface area contributed by atoms with Crippen LogP contribution in [-0.2, 0) is 11.3 Å². The lowest BCUT2D eigenvalue weighted by Gasteiger charge is -2.14. The minimum Gasteiger partial charge on any atom is -0.387 e. The van der Waals surface area contributed by atoms with Crippen LogP contribution in [0.3, 0.4) is 0 Å². The molecular formula is C13H14Cl2N4O2. The highest BCUT2D eigenvalue weighted by Crippen LogP contribution is 2.25. The fourth-order valence-electron chi connectivity index (χ4n) is 1.74. The van der Waals surface area contributed by atoms with Crippen LogP contribution in [0.4, 0.5) is 0 Å². The summed E-state index contributed by atoms with van der Waals surface area (Å²) in [5, 5.41) is 17.4. The Bertz CT molecular complexity index is 604. The molecule has 6 nitrogen and oxygen atoms in total. The van der Waals surface area contributed by atoms with Gasteiger partial charge >= 0.3 is 0 Å². The standard InChI is InChI=1S/C13H14Cl2N4O2/c14-9-1-2-10(11(15)5-9)12(20)6-17-13(21)3-4-19-8-16-7-18-19/h1-2,5,7-8,12,20H,3-4,6H2,(H,17,21). The van der Waals surface area contributed by atoms with Gasteiger partial charge in [0, 0.05) is 28.6 Å². The number of aliphatic hydroxyl groups is 1. The SMILES string of the molecule is O=C(CCn1cncn1)NCC(O)c1ccc(Cl)cc1Cl. The van der Waals surface area contributed by atoms with Gasteiger partial charge in [0.25, 0.3) is 0 Å². The highest BCUT2D eigenvalue weighted by atomic mass is 35.5. The van der Waals surface area contributed by atoms with E-state index in [4.69, 9.17) is 23.2 Å². The monoisotopic (exact) mass is 328 g/mol. The zero-order valence-corrected chi connectivity index (χ0v) is 12.6. The van der Waals surface area contributed by atoms with Gasteiger partial charge in [0.05, 0.1) is 12.6 Å². The Hall–Kier alpha value is -1.63. The fraction of sp³-hybridized carbons (Fsp3) is 0.308. The number of benzene rings is 1. The summed E-state index contributed by atoms with van der Waals surface area (Å²) in [5.74, 6) is -0.186. The molecule has 1 aromatic heterocycles. The molecule has 1 aromatic carbocycles. The smallest absolute Gasteiger partial charge is 0.221 e. The maximum absolute atomic E-state index is 11.7. The Labute approximate surface area is 131 Å². The molecule has 0 aliphatic rings. The number of aliphatic hydroxyl groups excluding tert-OH is 1. The van der Waals surface area contributed by atoms with Crippen LogP contribution in [-0.4, -0.2) is 32.3 Å². The number of hydrogen-bond acceptors (Lipinski definition) is 4. The Kier molecular flexibility index (Phi) is 5.55. The molecule has 2 N–H and O–H groups in total. The third-order valence-electron chi connectivity index (χ3n) is 2.85. The number of carbonyl (C=O) groups is 1. The van der Waals surface area contributed by atoms with E-state index in [1.807, 2.05) is 0 Å². The molecule has 0 spiro atoms. The minimum absolute atomic E-state index is 0.0809. The molecule has 1 amide bonds. The Morgan fingerprint density at radius 1 is 1.43 bits per heavy atom. The van der Waals surface area contributed by atoms with Gasteiger partial charge in [-0.15, -0.1) is 0 Å². The maximum Gasteiger partial charge on any atom is 0.221 e. The molecule has 1 atom stereocenters. The number of hydrogen-bond donors (Lipinski definition) is 2. The topological polar surface area (TPSA) is 80.0 Å². The van der Waals surface area contributed by atoms with Crippen molar-refractivity contribution in [2.24, 2.45) is 0 Å². The normalized spacial score (nSPS) is 12.1. The quantitative estimate of drug-likeness (QED) is 0.847. The summed E-state index contributed by atoms with van der Waals surface area (Å²) in [6, 6.07) is 4.82. The van der Waals surface area contributed by atoms with Crippen LogP contribution in [0, 0.1) is 0 Å². The molecule has 1 unspecified atom stereocenters. The van der Waals surface area contributed by atoms with Crippen molar-refractivity contribution >= 4 is 29.1 Å². The molecule has 1 heterocycles. The number of nitrogens with zero attached hydrogens (tertiary/aromatic N) is 3. The predicted molar refractivity (Wildman–Crippen MR) is 79.1 cm³/mol. The van der Waals surface area contributed by atoms with Crippen LogP contribution in [0.5, 0.6) is 0 Å². The van der Waals surface area contributed by atoms with Crippen molar-refractivity contribution in [2.75, 3.05) is 6.54 Å². The lowest BCUT2D eigenvalue weighted by Crippen LogP contribution is -2.29. The highest BCUT2D eigenvalue weighted by Gasteiger charge is 2.13. The van der Waals surface area contributed by atoms with E-state index in [-0.39, 0.29) is 18.9 Å². The molecule has 0 saturated carbocycles. The number of aromatic nitrogens is 3. The first-order chi connectivity index (χ1) is 10.1. The highest BCUT2D eigenvalue weighted by molar-refractivity contribution is 6.35. The second kappa shape index (κ2) is 7.40. The van der Waals surface area contributed by atoms with Gasteiger partial charge in [-0.1, -0.05) is 29.3 Å². The Morgan fingerprint density at radius 3 is 2.90 bits per heavy atom. The average Bonchev–Trinajstić information content (AvgIpc) is 2.95. The van der Waals surface area contributed by atoms with Crippen LogP contribution >= 0.6 is 23.2 Å². The van der Waals surface area contributed by atoms with Gasteiger partial charge in [-0.3, -0.25) is 9.48 Å². The Morgan fingerprint density at radius 2 is 2.24 bits per heavy atom. The molecular weight excluding hydrogens is 315 g/mol. The molecule has 8 heteroatoms. The summed E-state index contributed by atoms with van der Waals surface area (Å²) in [4.78, 5) is 15.5. The molecule has 0 bridgehead atoms. The van der Waals surface area contributed by atoms with Crippen LogP contribution < -0.4 is 5.32 Å². The molecule has 0 aliphatic heterocycles. The molecule has 0 fully saturated rings. The largest absolute Gasteiger partial charge is 0.387 e. The predicted octanol–water partition coefficient (Wildman–Crippen LogP) is 1.82. The molecule has 2 rings (SSSR count). The summed E-state index contributed by atoms with van der Waals surface area (Å²) >= 11 is 11.8. The first-order valence-corrected chi connectivity index (χ1v) is 7.04. The number of carbonyl (C=O) groups excluding carboxylic acids is 1. The first-order valence-electron chi connectivity index (χ1n) is 6.28. The maximum atomic E-state index is 11.7.